The maximum atomic E-state index is 14.0. The van der Waals surface area contributed by atoms with E-state index in [1.807, 2.05) is 5.32 Å². The van der Waals surface area contributed by atoms with Crippen molar-refractivity contribution < 1.29 is 41.5 Å². The van der Waals surface area contributed by atoms with Gasteiger partial charge in [0.15, 0.2) is 5.57 Å². The lowest BCUT2D eigenvalue weighted by Gasteiger charge is -2.29. The van der Waals surface area contributed by atoms with Crippen LogP contribution in [0, 0.1) is 15.9 Å². The Hall–Kier alpha value is -3.18. The van der Waals surface area contributed by atoms with Gasteiger partial charge in [0, 0.05) is 26.1 Å². The molecule has 0 spiro atoms. The SMILES string of the molecule is CC1(C)OC(=O)C(=CNc2cc(C(F)(F)F)cc([N+](=O)[O-])c2F)C(=O)O1. The first-order valence-electron chi connectivity index (χ1n) is 6.80. The molecule has 0 bridgehead atoms. The predicted molar refractivity (Wildman–Crippen MR) is 76.0 cm³/mol. The van der Waals surface area contributed by atoms with Crippen molar-refractivity contribution in [2.75, 3.05) is 5.32 Å². The molecule has 0 radical (unpaired) electrons. The Labute approximate surface area is 142 Å². The first kappa shape index (κ1) is 19.1. The van der Waals surface area contributed by atoms with Crippen molar-refractivity contribution in [1.82, 2.24) is 0 Å². The molecule has 1 aromatic carbocycles. The molecule has 0 saturated carbocycles. The maximum Gasteiger partial charge on any atom is 0.416 e. The lowest BCUT2D eigenvalue weighted by molar-refractivity contribution is -0.387. The summed E-state index contributed by atoms with van der Waals surface area (Å²) in [6.45, 7) is 2.53. The third kappa shape index (κ3) is 3.90. The number of hydrogen-bond acceptors (Lipinski definition) is 7. The van der Waals surface area contributed by atoms with Crippen molar-refractivity contribution in [3.05, 3.63) is 45.4 Å². The van der Waals surface area contributed by atoms with Crippen molar-refractivity contribution in [2.45, 2.75) is 25.8 Å². The number of hydrogen-bond donors (Lipinski definition) is 1. The number of rotatable bonds is 3. The van der Waals surface area contributed by atoms with Gasteiger partial charge in [-0.3, -0.25) is 10.1 Å². The number of nitro benzene ring substituents is 1. The number of nitrogens with zero attached hydrogens (tertiary/aromatic N) is 1. The van der Waals surface area contributed by atoms with Crippen LogP contribution in [-0.4, -0.2) is 22.6 Å². The van der Waals surface area contributed by atoms with E-state index in [9.17, 15) is 37.3 Å². The zero-order chi connectivity index (χ0) is 19.9. The monoisotopic (exact) mass is 378 g/mol. The largest absolute Gasteiger partial charge is 0.419 e. The molecular weight excluding hydrogens is 368 g/mol. The maximum absolute atomic E-state index is 14.0. The molecule has 2 rings (SSSR count). The first-order chi connectivity index (χ1) is 11.8. The number of alkyl halides is 3. The molecule has 140 valence electrons. The number of nitro groups is 1. The molecule has 1 saturated heterocycles. The van der Waals surface area contributed by atoms with Gasteiger partial charge in [0.1, 0.15) is 0 Å². The van der Waals surface area contributed by atoms with Gasteiger partial charge in [0.25, 0.3) is 5.79 Å². The number of carbonyl (C=O) groups is 2. The second-order valence-electron chi connectivity index (χ2n) is 5.49. The normalized spacial score (nSPS) is 16.6. The highest BCUT2D eigenvalue weighted by Crippen LogP contribution is 2.36. The Morgan fingerprint density at radius 2 is 1.73 bits per heavy atom. The third-order valence-electron chi connectivity index (χ3n) is 3.07. The van der Waals surface area contributed by atoms with Gasteiger partial charge in [-0.15, -0.1) is 0 Å². The molecule has 1 aliphatic heterocycles. The number of benzene rings is 1. The van der Waals surface area contributed by atoms with Gasteiger partial charge in [-0.2, -0.15) is 17.6 Å². The van der Waals surface area contributed by atoms with E-state index in [2.05, 4.69) is 0 Å². The van der Waals surface area contributed by atoms with E-state index in [1.54, 1.807) is 0 Å². The number of halogens is 4. The van der Waals surface area contributed by atoms with Gasteiger partial charge in [-0.1, -0.05) is 0 Å². The Morgan fingerprint density at radius 1 is 1.19 bits per heavy atom. The van der Waals surface area contributed by atoms with E-state index >= 15 is 0 Å². The Balaban J connectivity index is 2.43. The second kappa shape index (κ2) is 6.28. The zero-order valence-corrected chi connectivity index (χ0v) is 13.1. The standard InChI is InChI=1S/C14H10F4N2O6/c1-13(2)25-11(21)7(12(22)26-13)5-19-8-3-6(14(16,17)18)4-9(10(8)15)20(23)24/h3-5,19H,1-2H3. The topological polar surface area (TPSA) is 108 Å². The first-order valence-corrected chi connectivity index (χ1v) is 6.80. The summed E-state index contributed by atoms with van der Waals surface area (Å²) >= 11 is 0. The summed E-state index contributed by atoms with van der Waals surface area (Å²) in [5.74, 6) is -5.50. The van der Waals surface area contributed by atoms with Gasteiger partial charge in [0.05, 0.1) is 16.2 Å². The summed E-state index contributed by atoms with van der Waals surface area (Å²) < 4.78 is 61.9. The molecule has 26 heavy (non-hydrogen) atoms. The minimum absolute atomic E-state index is 0.0271. The lowest BCUT2D eigenvalue weighted by Crippen LogP contribution is -2.42. The molecule has 0 atom stereocenters. The molecule has 1 fully saturated rings. The summed E-state index contributed by atoms with van der Waals surface area (Å²) in [5.41, 5.74) is -4.66. The van der Waals surface area contributed by atoms with E-state index in [0.29, 0.717) is 6.20 Å². The van der Waals surface area contributed by atoms with E-state index in [4.69, 9.17) is 9.47 Å². The minimum atomic E-state index is -4.99. The lowest BCUT2D eigenvalue weighted by atomic mass is 10.1. The van der Waals surface area contributed by atoms with Crippen LogP contribution in [0.2, 0.25) is 0 Å². The molecule has 1 N–H and O–H groups in total. The van der Waals surface area contributed by atoms with Crippen LogP contribution in [0.5, 0.6) is 0 Å². The Kier molecular flexibility index (Phi) is 4.62. The van der Waals surface area contributed by atoms with Crippen LogP contribution >= 0.6 is 0 Å². The highest BCUT2D eigenvalue weighted by Gasteiger charge is 2.39. The average molecular weight is 378 g/mol. The summed E-state index contributed by atoms with van der Waals surface area (Å²) in [7, 11) is 0. The predicted octanol–water partition coefficient (Wildman–Crippen LogP) is 2.88. The summed E-state index contributed by atoms with van der Waals surface area (Å²) in [5, 5.41) is 12.7. The van der Waals surface area contributed by atoms with E-state index < -0.39 is 57.2 Å². The molecule has 1 aromatic rings. The summed E-state index contributed by atoms with van der Waals surface area (Å²) in [6.07, 6.45) is -4.45. The molecule has 0 amide bonds. The molecule has 1 aliphatic rings. The quantitative estimate of drug-likeness (QED) is 0.215. The van der Waals surface area contributed by atoms with Gasteiger partial charge in [0.2, 0.25) is 5.82 Å². The van der Waals surface area contributed by atoms with Crippen LogP contribution in [0.4, 0.5) is 28.9 Å². The van der Waals surface area contributed by atoms with Gasteiger partial charge < -0.3 is 14.8 Å². The Bertz CT molecular complexity index is 809. The molecule has 1 heterocycles. The van der Waals surface area contributed by atoms with E-state index in [-0.39, 0.29) is 12.1 Å². The van der Waals surface area contributed by atoms with Crippen LogP contribution in [0.1, 0.15) is 19.4 Å². The number of esters is 2. The summed E-state index contributed by atoms with van der Waals surface area (Å²) in [4.78, 5) is 32.8. The van der Waals surface area contributed by atoms with Crippen molar-refractivity contribution in [1.29, 1.82) is 0 Å². The van der Waals surface area contributed by atoms with E-state index in [0.717, 1.165) is 0 Å². The number of carbonyl (C=O) groups excluding carboxylic acids is 2. The number of nitrogens with one attached hydrogen (secondary N) is 1. The van der Waals surface area contributed by atoms with Crippen molar-refractivity contribution in [2.24, 2.45) is 0 Å². The third-order valence-corrected chi connectivity index (χ3v) is 3.07. The van der Waals surface area contributed by atoms with Crippen LogP contribution < -0.4 is 5.32 Å². The number of cyclic esters (lactones) is 2. The van der Waals surface area contributed by atoms with Crippen LogP contribution in [0.3, 0.4) is 0 Å². The van der Waals surface area contributed by atoms with Crippen molar-refractivity contribution in [3.63, 3.8) is 0 Å². The van der Waals surface area contributed by atoms with Crippen LogP contribution in [0.25, 0.3) is 0 Å². The molecule has 0 aromatic heterocycles. The van der Waals surface area contributed by atoms with Gasteiger partial charge in [-0.05, 0) is 6.07 Å². The number of ether oxygens (including phenoxy) is 2. The molecule has 0 unspecified atom stereocenters. The fourth-order valence-corrected chi connectivity index (χ4v) is 1.94. The zero-order valence-electron chi connectivity index (χ0n) is 13.1. The molecule has 0 aliphatic carbocycles. The van der Waals surface area contributed by atoms with Gasteiger partial charge >= 0.3 is 23.8 Å². The number of anilines is 1. The Morgan fingerprint density at radius 3 is 2.19 bits per heavy atom. The van der Waals surface area contributed by atoms with Crippen molar-refractivity contribution >= 4 is 23.3 Å². The second-order valence-corrected chi connectivity index (χ2v) is 5.49. The highest BCUT2D eigenvalue weighted by molar-refractivity contribution is 6.15. The highest BCUT2D eigenvalue weighted by atomic mass is 19.4. The fraction of sp³-hybridized carbons (Fsp3) is 0.286. The molecule has 12 heteroatoms. The van der Waals surface area contributed by atoms with Crippen LogP contribution in [0.15, 0.2) is 23.9 Å². The van der Waals surface area contributed by atoms with Crippen LogP contribution in [-0.2, 0) is 25.2 Å². The average Bonchev–Trinajstić information content (AvgIpc) is 2.45. The minimum Gasteiger partial charge on any atom is -0.419 e. The summed E-state index contributed by atoms with van der Waals surface area (Å²) in [6, 6.07) is 0.280. The fourth-order valence-electron chi connectivity index (χ4n) is 1.94. The van der Waals surface area contributed by atoms with Crippen molar-refractivity contribution in [3.8, 4) is 0 Å². The molecule has 8 nitrogen and oxygen atoms in total. The van der Waals surface area contributed by atoms with E-state index in [1.165, 1.54) is 13.8 Å². The smallest absolute Gasteiger partial charge is 0.416 e. The molecular formula is C14H10F4N2O6. The van der Waals surface area contributed by atoms with Gasteiger partial charge in [-0.25, -0.2) is 9.59 Å².